The number of hydrogen-bond acceptors (Lipinski definition) is 4. The third-order valence-corrected chi connectivity index (χ3v) is 4.55. The predicted molar refractivity (Wildman–Crippen MR) is 98.0 cm³/mol. The summed E-state index contributed by atoms with van der Waals surface area (Å²) in [6.45, 7) is 11.3. The molecule has 7 heteroatoms. The molecule has 0 aliphatic carbocycles. The second-order valence-corrected chi connectivity index (χ2v) is 6.55. The van der Waals surface area contributed by atoms with E-state index in [9.17, 15) is 4.79 Å². The fourth-order valence-electron chi connectivity index (χ4n) is 3.12. The van der Waals surface area contributed by atoms with Crippen molar-refractivity contribution in [2.24, 2.45) is 0 Å². The van der Waals surface area contributed by atoms with E-state index in [0.29, 0.717) is 18.1 Å². The fourth-order valence-corrected chi connectivity index (χ4v) is 3.12. The van der Waals surface area contributed by atoms with E-state index in [-0.39, 0.29) is 11.9 Å². The molecular weight excluding hydrogens is 330 g/mol. The molecule has 1 amide bonds. The number of furan rings is 1. The van der Waals surface area contributed by atoms with Crippen molar-refractivity contribution in [3.05, 3.63) is 58.6 Å². The van der Waals surface area contributed by atoms with Crippen LogP contribution in [0.25, 0.3) is 0 Å². The summed E-state index contributed by atoms with van der Waals surface area (Å²) in [5, 5.41) is 11.7. The summed E-state index contributed by atoms with van der Waals surface area (Å²) in [4.78, 5) is 12.5. The van der Waals surface area contributed by atoms with Crippen molar-refractivity contribution in [3.8, 4) is 0 Å². The maximum atomic E-state index is 12.5. The van der Waals surface area contributed by atoms with Gasteiger partial charge in [0.25, 0.3) is 5.91 Å². The van der Waals surface area contributed by atoms with Crippen molar-refractivity contribution < 1.29 is 9.21 Å². The van der Waals surface area contributed by atoms with Gasteiger partial charge in [-0.05, 0) is 52.8 Å². The van der Waals surface area contributed by atoms with Crippen LogP contribution in [0.4, 0.5) is 0 Å². The minimum Gasteiger partial charge on any atom is -0.454 e. The number of rotatable bonds is 6. The first-order valence-electron chi connectivity index (χ1n) is 8.82. The molecule has 1 N–H and O–H groups in total. The number of carbonyl (C=O) groups is 1. The molecule has 1 atom stereocenters. The van der Waals surface area contributed by atoms with Gasteiger partial charge in [-0.3, -0.25) is 14.2 Å². The van der Waals surface area contributed by atoms with Crippen molar-refractivity contribution in [1.29, 1.82) is 0 Å². The lowest BCUT2D eigenvalue weighted by Crippen LogP contribution is -2.26. The Morgan fingerprint density at radius 1 is 1.27 bits per heavy atom. The molecule has 7 nitrogen and oxygen atoms in total. The van der Waals surface area contributed by atoms with Crippen LogP contribution in [-0.4, -0.2) is 25.5 Å². The first-order valence-corrected chi connectivity index (χ1v) is 8.82. The lowest BCUT2D eigenvalue weighted by molar-refractivity contribution is 0.0909. The molecule has 0 radical (unpaired) electrons. The Kier molecular flexibility index (Phi) is 4.97. The molecule has 0 saturated heterocycles. The van der Waals surface area contributed by atoms with Crippen molar-refractivity contribution in [3.63, 3.8) is 0 Å². The van der Waals surface area contributed by atoms with Crippen LogP contribution in [0.2, 0.25) is 0 Å². The topological polar surface area (TPSA) is 77.9 Å². The second kappa shape index (κ2) is 7.19. The number of carbonyl (C=O) groups excluding carboxylic acids is 1. The summed E-state index contributed by atoms with van der Waals surface area (Å²) >= 11 is 0. The lowest BCUT2D eigenvalue weighted by Gasteiger charge is -2.13. The summed E-state index contributed by atoms with van der Waals surface area (Å²) in [6, 6.07) is 5.38. The summed E-state index contributed by atoms with van der Waals surface area (Å²) in [7, 11) is 0. The van der Waals surface area contributed by atoms with E-state index in [2.05, 4.69) is 15.5 Å². The van der Waals surface area contributed by atoms with E-state index in [0.717, 1.165) is 29.2 Å². The van der Waals surface area contributed by atoms with Crippen LogP contribution in [0.1, 0.15) is 58.8 Å². The molecule has 138 valence electrons. The van der Waals surface area contributed by atoms with E-state index < -0.39 is 0 Å². The normalized spacial score (nSPS) is 12.3. The number of nitrogens with one attached hydrogen (secondary N) is 1. The highest BCUT2D eigenvalue weighted by Gasteiger charge is 2.18. The molecule has 0 fully saturated rings. The third kappa shape index (κ3) is 3.56. The Bertz CT molecular complexity index is 918. The van der Waals surface area contributed by atoms with E-state index in [4.69, 9.17) is 4.42 Å². The van der Waals surface area contributed by atoms with Gasteiger partial charge >= 0.3 is 0 Å². The average molecular weight is 355 g/mol. The lowest BCUT2D eigenvalue weighted by atomic mass is 10.1. The quantitative estimate of drug-likeness (QED) is 0.737. The summed E-state index contributed by atoms with van der Waals surface area (Å²) in [5.41, 5.74) is 4.09. The van der Waals surface area contributed by atoms with Crippen LogP contribution < -0.4 is 5.32 Å². The van der Waals surface area contributed by atoms with Crippen LogP contribution in [0.5, 0.6) is 0 Å². The molecule has 0 spiro atoms. The highest BCUT2D eigenvalue weighted by Crippen LogP contribution is 2.18. The van der Waals surface area contributed by atoms with Gasteiger partial charge in [-0.2, -0.15) is 10.2 Å². The Labute approximate surface area is 153 Å². The maximum absolute atomic E-state index is 12.5. The third-order valence-electron chi connectivity index (χ3n) is 4.55. The van der Waals surface area contributed by atoms with E-state index in [1.807, 2.05) is 56.1 Å². The second-order valence-electron chi connectivity index (χ2n) is 6.55. The van der Waals surface area contributed by atoms with Crippen LogP contribution in [-0.2, 0) is 13.1 Å². The van der Waals surface area contributed by atoms with E-state index in [1.54, 1.807) is 12.3 Å². The molecule has 0 aliphatic heterocycles. The summed E-state index contributed by atoms with van der Waals surface area (Å²) in [6.07, 6.45) is 1.81. The number of aromatic nitrogens is 4. The van der Waals surface area contributed by atoms with E-state index in [1.165, 1.54) is 0 Å². The molecule has 3 aromatic rings. The zero-order valence-electron chi connectivity index (χ0n) is 15.9. The van der Waals surface area contributed by atoms with Gasteiger partial charge in [-0.1, -0.05) is 0 Å². The van der Waals surface area contributed by atoms with Gasteiger partial charge in [0.2, 0.25) is 0 Å². The smallest absolute Gasteiger partial charge is 0.287 e. The SMILES string of the molecule is CCn1ncc(C(C)NC(=O)c2ccc(Cn3nc(C)cc3C)o2)c1C. The van der Waals surface area contributed by atoms with Gasteiger partial charge in [0, 0.05) is 23.5 Å². The van der Waals surface area contributed by atoms with Gasteiger partial charge in [-0.25, -0.2) is 0 Å². The number of hydrogen-bond donors (Lipinski definition) is 1. The maximum Gasteiger partial charge on any atom is 0.287 e. The Balaban J connectivity index is 1.67. The minimum absolute atomic E-state index is 0.146. The molecule has 1 unspecified atom stereocenters. The van der Waals surface area contributed by atoms with Crippen LogP contribution >= 0.6 is 0 Å². The van der Waals surface area contributed by atoms with Crippen molar-refractivity contribution in [2.75, 3.05) is 0 Å². The zero-order chi connectivity index (χ0) is 18.8. The van der Waals surface area contributed by atoms with Gasteiger partial charge in [0.1, 0.15) is 5.76 Å². The standard InChI is InChI=1S/C19H25N5O2/c1-6-23-15(5)17(10-20-23)14(4)21-19(25)18-8-7-16(26-18)11-24-13(3)9-12(2)22-24/h7-10,14H,6,11H2,1-5H3,(H,21,25). The van der Waals surface area contributed by atoms with Crippen molar-refractivity contribution in [2.45, 2.75) is 53.8 Å². The zero-order valence-corrected chi connectivity index (χ0v) is 15.9. The molecular formula is C19H25N5O2. The number of aryl methyl sites for hydroxylation is 3. The molecule has 0 aromatic carbocycles. The molecule has 3 heterocycles. The minimum atomic E-state index is -0.235. The first kappa shape index (κ1) is 18.0. The molecule has 0 bridgehead atoms. The highest BCUT2D eigenvalue weighted by atomic mass is 16.4. The van der Waals surface area contributed by atoms with Crippen molar-refractivity contribution in [1.82, 2.24) is 24.9 Å². The monoisotopic (exact) mass is 355 g/mol. The highest BCUT2D eigenvalue weighted by molar-refractivity contribution is 5.91. The first-order chi connectivity index (χ1) is 12.4. The Hall–Kier alpha value is -2.83. The van der Waals surface area contributed by atoms with Gasteiger partial charge < -0.3 is 9.73 Å². The number of amides is 1. The van der Waals surface area contributed by atoms with E-state index >= 15 is 0 Å². The largest absolute Gasteiger partial charge is 0.454 e. The Morgan fingerprint density at radius 2 is 2.04 bits per heavy atom. The molecule has 0 saturated carbocycles. The Morgan fingerprint density at radius 3 is 2.65 bits per heavy atom. The van der Waals surface area contributed by atoms with Crippen LogP contribution in [0, 0.1) is 20.8 Å². The van der Waals surface area contributed by atoms with Crippen molar-refractivity contribution >= 4 is 5.91 Å². The van der Waals surface area contributed by atoms with Crippen LogP contribution in [0.15, 0.2) is 28.8 Å². The average Bonchev–Trinajstić information content (AvgIpc) is 3.27. The summed E-state index contributed by atoms with van der Waals surface area (Å²) in [5.74, 6) is 0.763. The molecule has 3 aromatic heterocycles. The number of nitrogens with zero attached hydrogens (tertiary/aromatic N) is 4. The molecule has 3 rings (SSSR count). The van der Waals surface area contributed by atoms with Gasteiger partial charge in [0.05, 0.1) is 24.5 Å². The fraction of sp³-hybridized carbons (Fsp3) is 0.421. The molecule has 26 heavy (non-hydrogen) atoms. The summed E-state index contributed by atoms with van der Waals surface area (Å²) < 4.78 is 9.49. The van der Waals surface area contributed by atoms with Gasteiger partial charge in [-0.15, -0.1) is 0 Å². The molecule has 0 aliphatic rings. The van der Waals surface area contributed by atoms with Crippen LogP contribution in [0.3, 0.4) is 0 Å². The van der Waals surface area contributed by atoms with Gasteiger partial charge in [0.15, 0.2) is 5.76 Å². The predicted octanol–water partition coefficient (Wildman–Crippen LogP) is 3.16.